The van der Waals surface area contributed by atoms with Crippen LogP contribution in [0.25, 0.3) is 10.4 Å². The molecule has 0 radical (unpaired) electrons. The lowest BCUT2D eigenvalue weighted by atomic mass is 10.3. The maximum atomic E-state index is 5.81. The van der Waals surface area contributed by atoms with Gasteiger partial charge in [-0.05, 0) is 18.2 Å². The van der Waals surface area contributed by atoms with Gasteiger partial charge in [-0.3, -0.25) is 5.10 Å². The summed E-state index contributed by atoms with van der Waals surface area (Å²) in [5.74, 6) is 0. The molecule has 66 valence electrons. The molecule has 0 aliphatic rings. The molecule has 0 aliphatic heterocycles. The van der Waals surface area contributed by atoms with Crippen LogP contribution in [0.15, 0.2) is 24.4 Å². The zero-order valence-corrected chi connectivity index (χ0v) is 8.84. The molecule has 0 atom stereocenters. The topological polar surface area (TPSA) is 28.7 Å². The van der Waals surface area contributed by atoms with Crippen LogP contribution < -0.4 is 0 Å². The van der Waals surface area contributed by atoms with Crippen molar-refractivity contribution in [1.29, 1.82) is 0 Å². The fraction of sp³-hybridized carbons (Fsp3) is 0. The maximum Gasteiger partial charge on any atom is 0.120 e. The third-order valence-electron chi connectivity index (χ3n) is 1.52. The molecule has 0 spiro atoms. The number of aromatic nitrogens is 2. The highest BCUT2D eigenvalue weighted by atomic mass is 35.5. The Kier molecular flexibility index (Phi) is 2.44. The molecule has 0 amide bonds. The van der Waals surface area contributed by atoms with E-state index in [1.54, 1.807) is 6.20 Å². The highest BCUT2D eigenvalue weighted by Gasteiger charge is 2.00. The van der Waals surface area contributed by atoms with Gasteiger partial charge in [-0.25, -0.2) is 0 Å². The average molecular weight is 229 g/mol. The highest BCUT2D eigenvalue weighted by molar-refractivity contribution is 7.71. The fourth-order valence-electron chi connectivity index (χ4n) is 0.980. The van der Waals surface area contributed by atoms with Crippen LogP contribution in [0.2, 0.25) is 4.34 Å². The molecule has 0 aliphatic carbocycles. The Morgan fingerprint density at radius 1 is 1.46 bits per heavy atom. The van der Waals surface area contributed by atoms with Crippen molar-refractivity contribution in [1.82, 2.24) is 10.2 Å². The molecule has 2 nitrogen and oxygen atoms in total. The van der Waals surface area contributed by atoms with Crippen molar-refractivity contribution >= 4 is 35.2 Å². The summed E-state index contributed by atoms with van der Waals surface area (Å²) in [6.45, 7) is 0. The highest BCUT2D eigenvalue weighted by Crippen LogP contribution is 2.30. The van der Waals surface area contributed by atoms with E-state index in [1.165, 1.54) is 11.3 Å². The third-order valence-corrected chi connectivity index (χ3v) is 3.01. The molecule has 2 heterocycles. The Bertz CT molecular complexity index is 475. The molecule has 0 fully saturated rings. The van der Waals surface area contributed by atoms with Crippen LogP contribution in [0.4, 0.5) is 0 Å². The first-order valence-electron chi connectivity index (χ1n) is 3.56. The van der Waals surface area contributed by atoms with Crippen LogP contribution >= 0.6 is 35.2 Å². The molecule has 2 rings (SSSR count). The number of nitrogens with one attached hydrogen (secondary N) is 1. The predicted octanol–water partition coefficient (Wildman–Crippen LogP) is 3.52. The van der Waals surface area contributed by atoms with E-state index in [1.807, 2.05) is 18.2 Å². The van der Waals surface area contributed by atoms with Gasteiger partial charge < -0.3 is 0 Å². The molecule has 0 bridgehead atoms. The van der Waals surface area contributed by atoms with E-state index >= 15 is 0 Å². The lowest BCUT2D eigenvalue weighted by Crippen LogP contribution is -1.81. The van der Waals surface area contributed by atoms with Gasteiger partial charge in [0, 0.05) is 10.4 Å². The number of hydrogen-bond acceptors (Lipinski definition) is 3. The molecular formula is C8H5ClN2S2. The quantitative estimate of drug-likeness (QED) is 0.757. The lowest BCUT2D eigenvalue weighted by molar-refractivity contribution is 1.02. The van der Waals surface area contributed by atoms with Crippen LogP contribution in [0.1, 0.15) is 0 Å². The summed E-state index contributed by atoms with van der Waals surface area (Å²) < 4.78 is 1.40. The van der Waals surface area contributed by atoms with E-state index in [4.69, 9.17) is 23.8 Å². The molecule has 0 unspecified atom stereocenters. The standard InChI is InChI=1S/C8H5ClN2S2/c9-7-2-1-6(13-7)5-3-8(12)11-10-4-5/h1-4H,(H,11,12). The predicted molar refractivity (Wildman–Crippen MR) is 57.7 cm³/mol. The van der Waals surface area contributed by atoms with Crippen molar-refractivity contribution < 1.29 is 0 Å². The van der Waals surface area contributed by atoms with Crippen molar-refractivity contribution in [2.45, 2.75) is 0 Å². The van der Waals surface area contributed by atoms with Gasteiger partial charge in [0.2, 0.25) is 0 Å². The molecule has 13 heavy (non-hydrogen) atoms. The zero-order valence-electron chi connectivity index (χ0n) is 6.45. The Morgan fingerprint density at radius 2 is 2.31 bits per heavy atom. The summed E-state index contributed by atoms with van der Waals surface area (Å²) >= 11 is 12.3. The number of H-pyrrole nitrogens is 1. The maximum absolute atomic E-state index is 5.81. The van der Waals surface area contributed by atoms with E-state index in [-0.39, 0.29) is 0 Å². The number of thiophene rings is 1. The number of halogens is 1. The second-order valence-electron chi connectivity index (χ2n) is 2.44. The van der Waals surface area contributed by atoms with E-state index in [9.17, 15) is 0 Å². The van der Waals surface area contributed by atoms with Gasteiger partial charge in [-0.2, -0.15) is 5.10 Å². The van der Waals surface area contributed by atoms with E-state index in [0.29, 0.717) is 4.64 Å². The van der Waals surface area contributed by atoms with Crippen molar-refractivity contribution in [2.24, 2.45) is 0 Å². The third kappa shape index (κ3) is 1.96. The van der Waals surface area contributed by atoms with Gasteiger partial charge in [-0.15, -0.1) is 11.3 Å². The van der Waals surface area contributed by atoms with Gasteiger partial charge in [0.15, 0.2) is 0 Å². The summed E-state index contributed by atoms with van der Waals surface area (Å²) in [5.41, 5.74) is 1.00. The largest absolute Gasteiger partial charge is 0.268 e. The molecular weight excluding hydrogens is 224 g/mol. The van der Waals surface area contributed by atoms with Gasteiger partial charge >= 0.3 is 0 Å². The lowest BCUT2D eigenvalue weighted by Gasteiger charge is -1.93. The minimum Gasteiger partial charge on any atom is -0.268 e. The summed E-state index contributed by atoms with van der Waals surface area (Å²) in [5, 5.41) is 6.59. The summed E-state index contributed by atoms with van der Waals surface area (Å²) in [4.78, 5) is 1.08. The number of nitrogens with zero attached hydrogens (tertiary/aromatic N) is 1. The number of hydrogen-bond donors (Lipinski definition) is 1. The monoisotopic (exact) mass is 228 g/mol. The molecule has 2 aromatic rings. The van der Waals surface area contributed by atoms with Crippen LogP contribution in [0, 0.1) is 4.64 Å². The normalized spacial score (nSPS) is 10.2. The van der Waals surface area contributed by atoms with E-state index in [2.05, 4.69) is 10.2 Å². The van der Waals surface area contributed by atoms with Gasteiger partial charge in [0.05, 0.1) is 10.5 Å². The minimum atomic E-state index is 0.627. The SMILES string of the molecule is S=c1cc(-c2ccc(Cl)s2)cn[nH]1. The van der Waals surface area contributed by atoms with Crippen LogP contribution in [0.3, 0.4) is 0 Å². The molecule has 0 aromatic carbocycles. The van der Waals surface area contributed by atoms with Gasteiger partial charge in [0.25, 0.3) is 0 Å². The number of aromatic amines is 1. The van der Waals surface area contributed by atoms with Crippen LogP contribution in [-0.4, -0.2) is 10.2 Å². The average Bonchev–Trinajstić information content (AvgIpc) is 2.52. The molecule has 5 heteroatoms. The summed E-state index contributed by atoms with van der Waals surface area (Å²) in [6.07, 6.45) is 1.73. The van der Waals surface area contributed by atoms with Crippen molar-refractivity contribution in [3.63, 3.8) is 0 Å². The second kappa shape index (κ2) is 3.57. The van der Waals surface area contributed by atoms with E-state index in [0.717, 1.165) is 14.8 Å². The zero-order chi connectivity index (χ0) is 9.26. The van der Waals surface area contributed by atoms with Crippen molar-refractivity contribution in [2.75, 3.05) is 0 Å². The minimum absolute atomic E-state index is 0.627. The number of rotatable bonds is 1. The first kappa shape index (κ1) is 8.87. The van der Waals surface area contributed by atoms with Crippen LogP contribution in [-0.2, 0) is 0 Å². The first-order chi connectivity index (χ1) is 6.25. The second-order valence-corrected chi connectivity index (χ2v) is 4.59. The Labute approximate surface area is 89.2 Å². The van der Waals surface area contributed by atoms with Crippen molar-refractivity contribution in [3.05, 3.63) is 33.4 Å². The Hall–Kier alpha value is -0.710. The first-order valence-corrected chi connectivity index (χ1v) is 5.16. The fourth-order valence-corrected chi connectivity index (χ4v) is 2.18. The molecule has 1 N–H and O–H groups in total. The van der Waals surface area contributed by atoms with Gasteiger partial charge in [-0.1, -0.05) is 23.8 Å². The van der Waals surface area contributed by atoms with Crippen LogP contribution in [0.5, 0.6) is 0 Å². The Morgan fingerprint density at radius 3 is 2.92 bits per heavy atom. The smallest absolute Gasteiger partial charge is 0.120 e. The van der Waals surface area contributed by atoms with Crippen molar-refractivity contribution in [3.8, 4) is 10.4 Å². The Balaban J connectivity index is 2.52. The summed E-state index contributed by atoms with van der Waals surface area (Å²) in [7, 11) is 0. The van der Waals surface area contributed by atoms with Gasteiger partial charge in [0.1, 0.15) is 4.64 Å². The van der Waals surface area contributed by atoms with E-state index < -0.39 is 0 Å². The molecule has 2 aromatic heterocycles. The summed E-state index contributed by atoms with van der Waals surface area (Å²) in [6, 6.07) is 5.69. The molecule has 0 saturated carbocycles. The molecule has 0 saturated heterocycles.